The van der Waals surface area contributed by atoms with Gasteiger partial charge >= 0.3 is 0 Å². The second kappa shape index (κ2) is 7.97. The molecule has 7 heteroatoms. The lowest BCUT2D eigenvalue weighted by atomic mass is 9.91. The summed E-state index contributed by atoms with van der Waals surface area (Å²) < 4.78 is 16.0. The van der Waals surface area contributed by atoms with Crippen molar-refractivity contribution in [1.82, 2.24) is 15.1 Å². The number of carbonyl (C=O) groups is 1. The summed E-state index contributed by atoms with van der Waals surface area (Å²) in [4.78, 5) is 12.3. The number of hydrogen-bond acceptors (Lipinski definition) is 3. The van der Waals surface area contributed by atoms with Crippen molar-refractivity contribution in [3.8, 4) is 5.69 Å². The van der Waals surface area contributed by atoms with E-state index in [1.54, 1.807) is 16.8 Å². The van der Waals surface area contributed by atoms with Gasteiger partial charge in [0.05, 0.1) is 5.69 Å². The summed E-state index contributed by atoms with van der Waals surface area (Å²) in [5.41, 5.74) is 8.22. The molecule has 2 aromatic rings. The van der Waals surface area contributed by atoms with Gasteiger partial charge in [0.2, 0.25) is 0 Å². The van der Waals surface area contributed by atoms with E-state index in [0.717, 1.165) is 37.1 Å². The van der Waals surface area contributed by atoms with Crippen LogP contribution in [0.1, 0.15) is 47.4 Å². The molecule has 5 nitrogen and oxygen atoms in total. The van der Waals surface area contributed by atoms with Crippen LogP contribution in [0.25, 0.3) is 5.69 Å². The molecule has 0 saturated heterocycles. The van der Waals surface area contributed by atoms with Gasteiger partial charge in [-0.25, -0.2) is 9.07 Å². The molecule has 0 spiro atoms. The molecule has 3 N–H and O–H groups in total. The van der Waals surface area contributed by atoms with Gasteiger partial charge in [0, 0.05) is 23.3 Å². The largest absolute Gasteiger partial charge is 0.349 e. The van der Waals surface area contributed by atoms with Crippen LogP contribution >= 0.6 is 12.4 Å². The molecule has 1 fully saturated rings. The first-order chi connectivity index (χ1) is 11.4. The predicted molar refractivity (Wildman–Crippen MR) is 97.9 cm³/mol. The van der Waals surface area contributed by atoms with Gasteiger partial charge in [0.15, 0.2) is 0 Å². The lowest BCUT2D eigenvalue weighted by Crippen LogP contribution is -2.40. The number of benzene rings is 1. The van der Waals surface area contributed by atoms with Gasteiger partial charge in [-0.05, 0) is 63.8 Å². The molecule has 25 heavy (non-hydrogen) atoms. The Kier molecular flexibility index (Phi) is 6.19. The molecule has 1 amide bonds. The summed E-state index contributed by atoms with van der Waals surface area (Å²) in [5, 5.41) is 7.25. The molecule has 0 aliphatic heterocycles. The molecular formula is C18H24ClFN4O. The minimum absolute atomic E-state index is 0. The van der Waals surface area contributed by atoms with Crippen molar-refractivity contribution in [1.29, 1.82) is 0 Å². The number of aromatic nitrogens is 2. The lowest BCUT2D eigenvalue weighted by molar-refractivity contribution is 0.0925. The summed E-state index contributed by atoms with van der Waals surface area (Å²) in [6, 6.07) is 6.75. The van der Waals surface area contributed by atoms with E-state index in [-0.39, 0.29) is 30.4 Å². The van der Waals surface area contributed by atoms with Crippen LogP contribution in [0.15, 0.2) is 24.3 Å². The van der Waals surface area contributed by atoms with Crippen LogP contribution in [0.5, 0.6) is 0 Å². The predicted octanol–water partition coefficient (Wildman–Crippen LogP) is 3.05. The average molecular weight is 367 g/mol. The van der Waals surface area contributed by atoms with E-state index >= 15 is 0 Å². The fourth-order valence-corrected chi connectivity index (χ4v) is 3.22. The zero-order valence-electron chi connectivity index (χ0n) is 14.5. The zero-order chi connectivity index (χ0) is 17.3. The fraction of sp³-hybridized carbons (Fsp3) is 0.444. The normalized spacial score (nSPS) is 20.0. The summed E-state index contributed by atoms with van der Waals surface area (Å²) >= 11 is 0. The van der Waals surface area contributed by atoms with E-state index in [2.05, 4.69) is 10.4 Å². The Labute approximate surface area is 153 Å². The lowest BCUT2D eigenvalue weighted by Gasteiger charge is -2.26. The molecule has 1 aliphatic rings. The number of carbonyl (C=O) groups excluding carboxylic acids is 1. The molecule has 1 aliphatic carbocycles. The molecule has 3 rings (SSSR count). The van der Waals surface area contributed by atoms with Crippen molar-refractivity contribution in [3.05, 3.63) is 47.0 Å². The van der Waals surface area contributed by atoms with Gasteiger partial charge in [-0.2, -0.15) is 5.10 Å². The van der Waals surface area contributed by atoms with Crippen LogP contribution in [-0.4, -0.2) is 27.8 Å². The standard InChI is InChI=1S/C18H23FN4O.ClH/c1-11-9-12(2)23(22-11)17-8-3-13(10-16(17)19)18(24)21-15-6-4-14(20)5-7-15;/h3,8-10,14-15H,4-7,20H2,1-2H3,(H,21,24);1H. The second-order valence-corrected chi connectivity index (χ2v) is 6.59. The monoisotopic (exact) mass is 366 g/mol. The molecule has 0 radical (unpaired) electrons. The van der Waals surface area contributed by atoms with Crippen molar-refractivity contribution in [3.63, 3.8) is 0 Å². The number of halogens is 2. The number of nitrogens with zero attached hydrogens (tertiary/aromatic N) is 2. The number of rotatable bonds is 3. The van der Waals surface area contributed by atoms with Crippen molar-refractivity contribution < 1.29 is 9.18 Å². The SMILES string of the molecule is Cc1cc(C)n(-c2ccc(C(=O)NC3CCC(N)CC3)cc2F)n1.Cl. The number of amides is 1. The summed E-state index contributed by atoms with van der Waals surface area (Å²) in [5.74, 6) is -0.700. The highest BCUT2D eigenvalue weighted by molar-refractivity contribution is 5.94. The molecule has 1 heterocycles. The minimum atomic E-state index is -0.459. The third-order valence-corrected chi connectivity index (χ3v) is 4.55. The van der Waals surface area contributed by atoms with Crippen LogP contribution in [0.4, 0.5) is 4.39 Å². The van der Waals surface area contributed by atoms with Crippen LogP contribution < -0.4 is 11.1 Å². The average Bonchev–Trinajstić information content (AvgIpc) is 2.88. The van der Waals surface area contributed by atoms with E-state index < -0.39 is 5.82 Å². The van der Waals surface area contributed by atoms with E-state index in [1.165, 1.54) is 6.07 Å². The topological polar surface area (TPSA) is 72.9 Å². The van der Waals surface area contributed by atoms with Crippen LogP contribution in [0, 0.1) is 19.7 Å². The molecule has 0 atom stereocenters. The molecule has 136 valence electrons. The van der Waals surface area contributed by atoms with Gasteiger partial charge in [-0.15, -0.1) is 12.4 Å². The summed E-state index contributed by atoms with van der Waals surface area (Å²) in [7, 11) is 0. The van der Waals surface area contributed by atoms with E-state index in [0.29, 0.717) is 11.3 Å². The first-order valence-corrected chi connectivity index (χ1v) is 8.33. The number of hydrogen-bond donors (Lipinski definition) is 2. The molecular weight excluding hydrogens is 343 g/mol. The Morgan fingerprint density at radius 3 is 2.48 bits per heavy atom. The number of nitrogens with two attached hydrogens (primary N) is 1. The fourth-order valence-electron chi connectivity index (χ4n) is 3.22. The zero-order valence-corrected chi connectivity index (χ0v) is 15.3. The third-order valence-electron chi connectivity index (χ3n) is 4.55. The molecule has 0 unspecified atom stereocenters. The molecule has 1 aromatic carbocycles. The van der Waals surface area contributed by atoms with Crippen LogP contribution in [0.3, 0.4) is 0 Å². The van der Waals surface area contributed by atoms with Gasteiger partial charge in [-0.3, -0.25) is 4.79 Å². The van der Waals surface area contributed by atoms with E-state index in [9.17, 15) is 9.18 Å². The van der Waals surface area contributed by atoms with Crippen molar-refractivity contribution in [2.45, 2.75) is 51.6 Å². The number of nitrogens with one attached hydrogen (secondary N) is 1. The van der Waals surface area contributed by atoms with Crippen LogP contribution in [-0.2, 0) is 0 Å². The molecule has 0 bridgehead atoms. The van der Waals surface area contributed by atoms with Crippen molar-refractivity contribution in [2.24, 2.45) is 5.73 Å². The smallest absolute Gasteiger partial charge is 0.251 e. The molecule has 1 saturated carbocycles. The second-order valence-electron chi connectivity index (χ2n) is 6.59. The Morgan fingerprint density at radius 1 is 1.24 bits per heavy atom. The Hall–Kier alpha value is -1.92. The van der Waals surface area contributed by atoms with Gasteiger partial charge in [0.1, 0.15) is 11.5 Å². The maximum absolute atomic E-state index is 14.5. The van der Waals surface area contributed by atoms with Gasteiger partial charge in [0.25, 0.3) is 5.91 Å². The minimum Gasteiger partial charge on any atom is -0.349 e. The molecule has 1 aromatic heterocycles. The Bertz CT molecular complexity index is 754. The first kappa shape index (κ1) is 19.4. The first-order valence-electron chi connectivity index (χ1n) is 8.33. The summed E-state index contributed by atoms with van der Waals surface area (Å²) in [6.07, 6.45) is 3.57. The highest BCUT2D eigenvalue weighted by Gasteiger charge is 2.21. The quantitative estimate of drug-likeness (QED) is 0.876. The van der Waals surface area contributed by atoms with E-state index in [4.69, 9.17) is 5.73 Å². The van der Waals surface area contributed by atoms with Gasteiger partial charge < -0.3 is 11.1 Å². The van der Waals surface area contributed by atoms with Gasteiger partial charge in [-0.1, -0.05) is 0 Å². The highest BCUT2D eigenvalue weighted by Crippen LogP contribution is 2.20. The summed E-state index contributed by atoms with van der Waals surface area (Å²) in [6.45, 7) is 3.73. The third kappa shape index (κ3) is 4.38. The highest BCUT2D eigenvalue weighted by atomic mass is 35.5. The van der Waals surface area contributed by atoms with Crippen molar-refractivity contribution >= 4 is 18.3 Å². The maximum atomic E-state index is 14.5. The number of aryl methyl sites for hydroxylation is 2. The van der Waals surface area contributed by atoms with Crippen molar-refractivity contribution in [2.75, 3.05) is 0 Å². The Balaban J connectivity index is 0.00000225. The van der Waals surface area contributed by atoms with Crippen LogP contribution in [0.2, 0.25) is 0 Å². The Morgan fingerprint density at radius 2 is 1.92 bits per heavy atom. The maximum Gasteiger partial charge on any atom is 0.251 e. The van der Waals surface area contributed by atoms with E-state index in [1.807, 2.05) is 19.9 Å².